The van der Waals surface area contributed by atoms with Gasteiger partial charge in [0.05, 0.1) is 11.6 Å². The summed E-state index contributed by atoms with van der Waals surface area (Å²) in [6.45, 7) is 1.33. The number of benzene rings is 2. The van der Waals surface area contributed by atoms with Crippen molar-refractivity contribution >= 4 is 11.6 Å². The first-order chi connectivity index (χ1) is 9.75. The Morgan fingerprint density at radius 3 is 2.75 bits per heavy atom. The summed E-state index contributed by atoms with van der Waals surface area (Å²) in [5, 5.41) is 5.88. The molecule has 1 heterocycles. The zero-order valence-electron chi connectivity index (χ0n) is 10.9. The van der Waals surface area contributed by atoms with Gasteiger partial charge in [0.1, 0.15) is 5.82 Å². The highest BCUT2D eigenvalue weighted by Gasteiger charge is 2.26. The number of amides is 1. The lowest BCUT2D eigenvalue weighted by molar-refractivity contribution is -0.117. The second-order valence-corrected chi connectivity index (χ2v) is 4.85. The molecule has 0 saturated heterocycles. The quantitative estimate of drug-likeness (QED) is 0.881. The third-order valence-corrected chi connectivity index (χ3v) is 3.54. The monoisotopic (exact) mass is 270 g/mol. The molecule has 2 N–H and O–H groups in total. The van der Waals surface area contributed by atoms with Crippen molar-refractivity contribution in [2.24, 2.45) is 0 Å². The number of rotatable bonds is 2. The Balaban J connectivity index is 1.84. The number of halogens is 1. The second kappa shape index (κ2) is 5.43. The Bertz CT molecular complexity index is 642. The highest BCUT2D eigenvalue weighted by molar-refractivity contribution is 5.96. The first-order valence-electron chi connectivity index (χ1n) is 6.59. The van der Waals surface area contributed by atoms with Gasteiger partial charge in [-0.2, -0.15) is 0 Å². The summed E-state index contributed by atoms with van der Waals surface area (Å²) in [4.78, 5) is 12.4. The first kappa shape index (κ1) is 12.8. The molecule has 20 heavy (non-hydrogen) atoms. The van der Waals surface area contributed by atoms with Crippen molar-refractivity contribution in [3.05, 3.63) is 65.5 Å². The number of fused-ring (bicyclic) bond motifs is 1. The maximum absolute atomic E-state index is 13.6. The summed E-state index contributed by atoms with van der Waals surface area (Å²) in [6, 6.07) is 14.0. The predicted octanol–water partition coefficient (Wildman–Crippen LogP) is 2.65. The third-order valence-electron chi connectivity index (χ3n) is 3.54. The Morgan fingerprint density at radius 1 is 1.15 bits per heavy atom. The van der Waals surface area contributed by atoms with Gasteiger partial charge in [0.25, 0.3) is 0 Å². The average molecular weight is 270 g/mol. The van der Waals surface area contributed by atoms with Crippen molar-refractivity contribution in [2.45, 2.75) is 12.5 Å². The summed E-state index contributed by atoms with van der Waals surface area (Å²) in [5.74, 6) is -0.896. The Morgan fingerprint density at radius 2 is 1.90 bits per heavy atom. The van der Waals surface area contributed by atoms with E-state index in [1.54, 1.807) is 18.2 Å². The van der Waals surface area contributed by atoms with Crippen LogP contribution in [-0.2, 0) is 11.3 Å². The van der Waals surface area contributed by atoms with Gasteiger partial charge in [-0.1, -0.05) is 36.4 Å². The standard InChI is InChI=1S/C16H15FN2O/c17-14-7-3-4-8-15(14)19-16(20)13-10-18-9-11-5-1-2-6-12(11)13/h1-8,13,18H,9-10H2,(H,19,20). The molecule has 0 radical (unpaired) electrons. The molecule has 1 atom stereocenters. The molecule has 1 aliphatic heterocycles. The van der Waals surface area contributed by atoms with Crippen LogP contribution in [0.25, 0.3) is 0 Å². The molecule has 0 spiro atoms. The highest BCUT2D eigenvalue weighted by atomic mass is 19.1. The van der Waals surface area contributed by atoms with Crippen LogP contribution in [0, 0.1) is 5.82 Å². The van der Waals surface area contributed by atoms with Crippen LogP contribution in [0.4, 0.5) is 10.1 Å². The van der Waals surface area contributed by atoms with E-state index in [1.165, 1.54) is 6.07 Å². The van der Waals surface area contributed by atoms with E-state index in [2.05, 4.69) is 10.6 Å². The minimum atomic E-state index is -0.419. The number of anilines is 1. The maximum Gasteiger partial charge on any atom is 0.233 e. The fourth-order valence-electron chi connectivity index (χ4n) is 2.51. The van der Waals surface area contributed by atoms with E-state index >= 15 is 0 Å². The van der Waals surface area contributed by atoms with Gasteiger partial charge in [0.2, 0.25) is 5.91 Å². The fraction of sp³-hybridized carbons (Fsp3) is 0.188. The topological polar surface area (TPSA) is 41.1 Å². The molecule has 2 aromatic carbocycles. The zero-order valence-corrected chi connectivity index (χ0v) is 10.9. The number of nitrogens with one attached hydrogen (secondary N) is 2. The molecule has 1 unspecified atom stereocenters. The van der Waals surface area contributed by atoms with Crippen LogP contribution in [0.2, 0.25) is 0 Å². The lowest BCUT2D eigenvalue weighted by atomic mass is 9.90. The molecule has 0 saturated carbocycles. The van der Waals surface area contributed by atoms with Crippen molar-refractivity contribution in [3.63, 3.8) is 0 Å². The van der Waals surface area contributed by atoms with E-state index < -0.39 is 5.82 Å². The van der Waals surface area contributed by atoms with Gasteiger partial charge in [-0.25, -0.2) is 4.39 Å². The van der Waals surface area contributed by atoms with Crippen molar-refractivity contribution in [2.75, 3.05) is 11.9 Å². The third kappa shape index (κ3) is 2.42. The SMILES string of the molecule is O=C(Nc1ccccc1F)C1CNCc2ccccc21. The number of carbonyl (C=O) groups is 1. The molecule has 1 amide bonds. The average Bonchev–Trinajstić information content (AvgIpc) is 2.49. The predicted molar refractivity (Wildman–Crippen MR) is 75.9 cm³/mol. The van der Waals surface area contributed by atoms with Crippen LogP contribution in [-0.4, -0.2) is 12.5 Å². The molecule has 3 nitrogen and oxygen atoms in total. The van der Waals surface area contributed by atoms with Crippen LogP contribution in [0.3, 0.4) is 0 Å². The van der Waals surface area contributed by atoms with E-state index in [9.17, 15) is 9.18 Å². The van der Waals surface area contributed by atoms with Gasteiger partial charge in [0.15, 0.2) is 0 Å². The molecule has 0 bridgehead atoms. The van der Waals surface area contributed by atoms with Crippen molar-refractivity contribution < 1.29 is 9.18 Å². The first-order valence-corrected chi connectivity index (χ1v) is 6.59. The van der Waals surface area contributed by atoms with Crippen LogP contribution in [0.5, 0.6) is 0 Å². The molecule has 2 aromatic rings. The molecular formula is C16H15FN2O. The summed E-state index contributed by atoms with van der Waals surface area (Å²) in [6.07, 6.45) is 0. The van der Waals surface area contributed by atoms with E-state index in [0.29, 0.717) is 6.54 Å². The Labute approximate surface area is 116 Å². The minimum absolute atomic E-state index is 0.185. The number of hydrogen-bond acceptors (Lipinski definition) is 2. The molecule has 4 heteroatoms. The fourth-order valence-corrected chi connectivity index (χ4v) is 2.51. The molecule has 102 valence electrons. The van der Waals surface area contributed by atoms with Gasteiger partial charge < -0.3 is 10.6 Å². The van der Waals surface area contributed by atoms with Gasteiger partial charge >= 0.3 is 0 Å². The van der Waals surface area contributed by atoms with Crippen LogP contribution in [0.15, 0.2) is 48.5 Å². The summed E-state index contributed by atoms with van der Waals surface area (Å²) in [7, 11) is 0. The lowest BCUT2D eigenvalue weighted by Crippen LogP contribution is -2.35. The van der Waals surface area contributed by atoms with Crippen LogP contribution in [0.1, 0.15) is 17.0 Å². The van der Waals surface area contributed by atoms with E-state index in [1.807, 2.05) is 24.3 Å². The van der Waals surface area contributed by atoms with Crippen molar-refractivity contribution in [1.82, 2.24) is 5.32 Å². The number of hydrogen-bond donors (Lipinski definition) is 2. The summed E-state index contributed by atoms with van der Waals surface area (Å²) in [5.41, 5.74) is 2.35. The number of carbonyl (C=O) groups excluding carboxylic acids is 1. The van der Waals surface area contributed by atoms with Gasteiger partial charge in [-0.3, -0.25) is 4.79 Å². The van der Waals surface area contributed by atoms with Crippen molar-refractivity contribution in [3.8, 4) is 0 Å². The van der Waals surface area contributed by atoms with Gasteiger partial charge in [0, 0.05) is 13.1 Å². The highest BCUT2D eigenvalue weighted by Crippen LogP contribution is 2.25. The lowest BCUT2D eigenvalue weighted by Gasteiger charge is -2.25. The maximum atomic E-state index is 13.6. The van der Waals surface area contributed by atoms with E-state index in [0.717, 1.165) is 17.7 Å². The van der Waals surface area contributed by atoms with Gasteiger partial charge in [-0.15, -0.1) is 0 Å². The Hall–Kier alpha value is -2.20. The van der Waals surface area contributed by atoms with Crippen LogP contribution >= 0.6 is 0 Å². The largest absolute Gasteiger partial charge is 0.323 e. The minimum Gasteiger partial charge on any atom is -0.323 e. The van der Waals surface area contributed by atoms with Gasteiger partial charge in [-0.05, 0) is 23.3 Å². The molecule has 0 fully saturated rings. The normalized spacial score (nSPS) is 17.4. The number of para-hydroxylation sites is 1. The molecule has 0 aliphatic carbocycles. The summed E-state index contributed by atoms with van der Waals surface area (Å²) >= 11 is 0. The van der Waals surface area contributed by atoms with Crippen molar-refractivity contribution in [1.29, 1.82) is 0 Å². The van der Waals surface area contributed by atoms with E-state index in [4.69, 9.17) is 0 Å². The molecule has 0 aromatic heterocycles. The molecule has 1 aliphatic rings. The zero-order chi connectivity index (χ0) is 13.9. The van der Waals surface area contributed by atoms with Crippen LogP contribution < -0.4 is 10.6 Å². The summed E-state index contributed by atoms with van der Waals surface area (Å²) < 4.78 is 13.6. The second-order valence-electron chi connectivity index (χ2n) is 4.85. The van der Waals surface area contributed by atoms with E-state index in [-0.39, 0.29) is 17.5 Å². The molecular weight excluding hydrogens is 255 g/mol. The Kier molecular flexibility index (Phi) is 3.48. The smallest absolute Gasteiger partial charge is 0.233 e. The molecule has 3 rings (SSSR count).